The maximum atomic E-state index is 16.0. The van der Waals surface area contributed by atoms with E-state index in [0.29, 0.717) is 95.0 Å². The molecular weight excluding hydrogens is 811 g/mol. The van der Waals surface area contributed by atoms with Gasteiger partial charge in [-0.15, -0.1) is 0 Å². The Hall–Kier alpha value is -7.01. The van der Waals surface area contributed by atoms with Crippen molar-refractivity contribution in [3.8, 4) is 17.2 Å². The fourth-order valence-corrected chi connectivity index (χ4v) is 9.86. The van der Waals surface area contributed by atoms with Crippen molar-refractivity contribution in [2.24, 2.45) is 13.0 Å². The molecule has 0 bridgehead atoms. The second-order valence-electron chi connectivity index (χ2n) is 17.2. The lowest BCUT2D eigenvalue weighted by atomic mass is 9.89. The maximum absolute atomic E-state index is 16.0. The van der Waals surface area contributed by atoms with E-state index in [2.05, 4.69) is 27.4 Å². The summed E-state index contributed by atoms with van der Waals surface area (Å²) in [6, 6.07) is 14.6. The molecule has 1 aliphatic carbocycles. The number of carbonyl (C=O) groups excluding carboxylic acids is 1. The van der Waals surface area contributed by atoms with Crippen LogP contribution in [-0.2, 0) is 30.2 Å². The van der Waals surface area contributed by atoms with E-state index in [0.717, 1.165) is 29.3 Å². The minimum atomic E-state index is -0.875. The Balaban J connectivity index is 1.04. The fraction of sp³-hybridized carbons (Fsp3) is 0.326. The summed E-state index contributed by atoms with van der Waals surface area (Å²) >= 11 is 0. The smallest absolute Gasteiger partial charge is 0.381 e. The molecule has 2 aliphatic heterocycles. The summed E-state index contributed by atoms with van der Waals surface area (Å²) in [6.45, 7) is 7.09. The van der Waals surface area contributed by atoms with E-state index in [1.54, 1.807) is 59.6 Å². The lowest BCUT2D eigenvalue weighted by Crippen LogP contribution is -2.38. The first-order valence-corrected chi connectivity index (χ1v) is 21.1. The molecule has 15 nitrogen and oxygen atoms in total. The summed E-state index contributed by atoms with van der Waals surface area (Å²) in [5.41, 5.74) is 4.47. The molecule has 1 saturated heterocycles. The van der Waals surface area contributed by atoms with Gasteiger partial charge >= 0.3 is 11.4 Å². The summed E-state index contributed by atoms with van der Waals surface area (Å²) in [4.78, 5) is 51.8. The number of nitrogens with zero attached hydrogens (tertiary/aromatic N) is 9. The van der Waals surface area contributed by atoms with E-state index in [1.807, 2.05) is 19.1 Å². The number of hydrogen-bond acceptors (Lipinski definition) is 9. The van der Waals surface area contributed by atoms with Crippen LogP contribution in [0.1, 0.15) is 81.9 Å². The van der Waals surface area contributed by atoms with Crippen LogP contribution in [0.15, 0.2) is 81.2 Å². The zero-order valence-electron chi connectivity index (χ0n) is 35.0. The van der Waals surface area contributed by atoms with Gasteiger partial charge in [-0.25, -0.2) is 23.1 Å². The molecule has 1 amide bonds. The summed E-state index contributed by atoms with van der Waals surface area (Å²) in [6.07, 6.45) is 7.19. The quantitative estimate of drug-likeness (QED) is 0.196. The molecule has 63 heavy (non-hydrogen) atoms. The first kappa shape index (κ1) is 38.9. The number of nitrogens with one attached hydrogen (secondary N) is 1. The number of ether oxygens (including phenoxy) is 1. The molecule has 5 aromatic heterocycles. The molecule has 0 radical (unpaired) electrons. The Labute approximate surface area is 357 Å². The van der Waals surface area contributed by atoms with Crippen LogP contribution in [-0.4, -0.2) is 74.4 Å². The normalized spacial score (nSPS) is 19.0. The number of hydrogen-bond donors (Lipinski definition) is 1. The standard InChI is InChI=1S/C46H42F2N10O5/c1-24-17-30(18-25(2)38(24)47)58-41(57-14-13-56(45(57)61)37-8-7-36-32(39(37)48)22-49-54(36)4)33-23-55(12-9-34(33)52-58)42(59)31-19-29-6-5-28(27-10-15-62-16-11-27)20-35(29)50-40(31)46(21-26(46)3)43-51-44(60)63-53-43/h5-8,13-14,17-20,22,26-27H,9-12,15-16,21,23H2,1-4H3,(H,51,53,60)/t26-,46+/m0/s1. The average Bonchev–Trinajstić information content (AvgIpc) is 3.76. The molecule has 17 heteroatoms. The molecule has 8 aromatic rings. The van der Waals surface area contributed by atoms with Crippen LogP contribution in [0.2, 0.25) is 0 Å². The van der Waals surface area contributed by atoms with Gasteiger partial charge in [-0.1, -0.05) is 24.2 Å². The largest absolute Gasteiger partial charge is 0.438 e. The summed E-state index contributed by atoms with van der Waals surface area (Å²) in [7, 11) is 1.71. The molecule has 0 unspecified atom stereocenters. The van der Waals surface area contributed by atoms with E-state index in [4.69, 9.17) is 19.3 Å². The third kappa shape index (κ3) is 6.03. The Morgan fingerprint density at radius 3 is 2.46 bits per heavy atom. The number of pyridine rings is 1. The van der Waals surface area contributed by atoms with Gasteiger partial charge in [0.15, 0.2) is 11.6 Å². The van der Waals surface area contributed by atoms with Crippen LogP contribution in [0.3, 0.4) is 0 Å². The number of aromatic amines is 1. The van der Waals surface area contributed by atoms with E-state index < -0.39 is 22.7 Å². The van der Waals surface area contributed by atoms with Gasteiger partial charge in [-0.2, -0.15) is 10.2 Å². The number of aromatic nitrogens is 9. The van der Waals surface area contributed by atoms with Gasteiger partial charge in [-0.3, -0.25) is 33.1 Å². The Morgan fingerprint density at radius 2 is 1.73 bits per heavy atom. The number of imidazole rings is 1. The molecule has 1 N–H and O–H groups in total. The predicted octanol–water partition coefficient (Wildman–Crippen LogP) is 6.24. The average molecular weight is 853 g/mol. The predicted molar refractivity (Wildman–Crippen MR) is 227 cm³/mol. The maximum Gasteiger partial charge on any atom is 0.438 e. The van der Waals surface area contributed by atoms with Crippen molar-refractivity contribution in [2.45, 2.75) is 64.3 Å². The third-order valence-corrected chi connectivity index (χ3v) is 13.4. The summed E-state index contributed by atoms with van der Waals surface area (Å²) < 4.78 is 47.5. The highest BCUT2D eigenvalue weighted by molar-refractivity contribution is 6.00. The van der Waals surface area contributed by atoms with Crippen LogP contribution in [0.25, 0.3) is 39.0 Å². The van der Waals surface area contributed by atoms with Crippen molar-refractivity contribution < 1.29 is 22.8 Å². The molecule has 3 aliphatic rings. The zero-order chi connectivity index (χ0) is 43.5. The molecule has 7 heterocycles. The molecule has 2 fully saturated rings. The molecule has 2 atom stereocenters. The molecule has 1 saturated carbocycles. The van der Waals surface area contributed by atoms with Gasteiger partial charge in [0.2, 0.25) is 0 Å². The number of fused-ring (bicyclic) bond motifs is 3. The van der Waals surface area contributed by atoms with Crippen LogP contribution in [0, 0.1) is 31.4 Å². The van der Waals surface area contributed by atoms with E-state index in [-0.39, 0.29) is 35.3 Å². The number of aryl methyl sites for hydroxylation is 3. The van der Waals surface area contributed by atoms with Gasteiger partial charge in [0.05, 0.1) is 62.9 Å². The second kappa shape index (κ2) is 14.3. The fourth-order valence-electron chi connectivity index (χ4n) is 9.86. The summed E-state index contributed by atoms with van der Waals surface area (Å²) in [5, 5.41) is 14.3. The van der Waals surface area contributed by atoms with Crippen LogP contribution >= 0.6 is 0 Å². The number of amides is 1. The second-order valence-corrected chi connectivity index (χ2v) is 17.2. The Bertz CT molecular complexity index is 3290. The molecule has 11 rings (SSSR count). The number of rotatable bonds is 7. The minimum absolute atomic E-state index is 0.0199. The molecule has 3 aromatic carbocycles. The van der Waals surface area contributed by atoms with Gasteiger partial charge in [-0.05, 0) is 98.0 Å². The third-order valence-electron chi connectivity index (χ3n) is 13.4. The highest BCUT2D eigenvalue weighted by Crippen LogP contribution is 2.58. The SMILES string of the molecule is Cc1cc(-n2nc3c(c2-n2ccn(-c4ccc5c(cnn5C)c4F)c2=O)CN(C(=O)c2cc4ccc(C5CCOCC5)cc4nc2[C@@]2(c4noc(=O)[nH]4)C[C@@H]2C)CC3)cc(C)c1F. The number of H-pyrrole nitrogens is 1. The molecule has 320 valence electrons. The Morgan fingerprint density at radius 1 is 0.968 bits per heavy atom. The van der Waals surface area contributed by atoms with Crippen molar-refractivity contribution in [3.63, 3.8) is 0 Å². The minimum Gasteiger partial charge on any atom is -0.381 e. The lowest BCUT2D eigenvalue weighted by molar-refractivity contribution is 0.0732. The number of benzene rings is 3. The van der Waals surface area contributed by atoms with E-state index in [9.17, 15) is 9.59 Å². The van der Waals surface area contributed by atoms with Crippen molar-refractivity contribution in [1.29, 1.82) is 0 Å². The molecular formula is C46H42F2N10O5. The van der Waals surface area contributed by atoms with Crippen molar-refractivity contribution in [2.75, 3.05) is 19.8 Å². The van der Waals surface area contributed by atoms with Crippen LogP contribution in [0.4, 0.5) is 8.78 Å². The Kier molecular flexibility index (Phi) is 8.81. The topological polar surface area (TPSA) is 164 Å². The van der Waals surface area contributed by atoms with Crippen LogP contribution < -0.4 is 11.4 Å². The highest BCUT2D eigenvalue weighted by atomic mass is 19.1. The van der Waals surface area contributed by atoms with Gasteiger partial charge < -0.3 is 9.64 Å². The monoisotopic (exact) mass is 852 g/mol. The van der Waals surface area contributed by atoms with Crippen molar-refractivity contribution in [3.05, 3.63) is 145 Å². The summed E-state index contributed by atoms with van der Waals surface area (Å²) in [5.74, 6) is -0.985. The first-order valence-electron chi connectivity index (χ1n) is 21.1. The molecule has 0 spiro atoms. The van der Waals surface area contributed by atoms with Crippen molar-refractivity contribution in [1.82, 2.24) is 48.7 Å². The highest BCUT2D eigenvalue weighted by Gasteiger charge is 2.59. The van der Waals surface area contributed by atoms with Gasteiger partial charge in [0, 0.05) is 56.6 Å². The van der Waals surface area contributed by atoms with E-state index in [1.165, 1.54) is 27.6 Å². The van der Waals surface area contributed by atoms with Gasteiger partial charge in [0.25, 0.3) is 5.91 Å². The lowest BCUT2D eigenvalue weighted by Gasteiger charge is -2.29. The number of halogens is 2. The zero-order valence-corrected chi connectivity index (χ0v) is 35.0. The van der Waals surface area contributed by atoms with Crippen molar-refractivity contribution >= 4 is 27.7 Å². The van der Waals surface area contributed by atoms with Gasteiger partial charge in [0.1, 0.15) is 11.6 Å². The van der Waals surface area contributed by atoms with E-state index >= 15 is 13.6 Å². The van der Waals surface area contributed by atoms with Crippen LogP contribution in [0.5, 0.6) is 0 Å². The number of carbonyl (C=O) groups is 1. The first-order chi connectivity index (χ1) is 30.4.